The van der Waals surface area contributed by atoms with Gasteiger partial charge in [0.05, 0.1) is 11.7 Å². The Labute approximate surface area is 115 Å². The van der Waals surface area contributed by atoms with E-state index in [1.54, 1.807) is 0 Å². The SMILES string of the molecule is CC1(C)CC(NC(=O)COC2CCNCC2)CCO1. The lowest BCUT2D eigenvalue weighted by molar-refractivity contribution is -0.131. The molecule has 19 heavy (non-hydrogen) atoms. The van der Waals surface area contributed by atoms with Crippen LogP contribution in [-0.2, 0) is 14.3 Å². The number of hydrogen-bond acceptors (Lipinski definition) is 4. The average molecular weight is 270 g/mol. The highest BCUT2D eigenvalue weighted by atomic mass is 16.5. The number of piperidine rings is 1. The summed E-state index contributed by atoms with van der Waals surface area (Å²) in [4.78, 5) is 11.9. The Bertz CT molecular complexity index is 301. The zero-order chi connectivity index (χ0) is 13.7. The molecule has 2 fully saturated rings. The van der Waals surface area contributed by atoms with Gasteiger partial charge in [-0.1, -0.05) is 0 Å². The quantitative estimate of drug-likeness (QED) is 0.794. The molecule has 2 aliphatic rings. The van der Waals surface area contributed by atoms with Crippen LogP contribution in [0.15, 0.2) is 0 Å². The van der Waals surface area contributed by atoms with Gasteiger partial charge < -0.3 is 20.1 Å². The van der Waals surface area contributed by atoms with Gasteiger partial charge in [-0.25, -0.2) is 0 Å². The molecule has 5 heteroatoms. The van der Waals surface area contributed by atoms with Crippen LogP contribution in [0.4, 0.5) is 0 Å². The van der Waals surface area contributed by atoms with Gasteiger partial charge in [0.2, 0.25) is 5.91 Å². The van der Waals surface area contributed by atoms with Gasteiger partial charge in [0.25, 0.3) is 0 Å². The van der Waals surface area contributed by atoms with Gasteiger partial charge in [-0.15, -0.1) is 0 Å². The third-order valence-corrected chi connectivity index (χ3v) is 3.80. The lowest BCUT2D eigenvalue weighted by Gasteiger charge is -2.35. The van der Waals surface area contributed by atoms with Crippen LogP contribution in [0.5, 0.6) is 0 Å². The first-order chi connectivity index (χ1) is 9.05. The summed E-state index contributed by atoms with van der Waals surface area (Å²) in [6.45, 7) is 7.00. The van der Waals surface area contributed by atoms with E-state index in [-0.39, 0.29) is 30.3 Å². The number of carbonyl (C=O) groups excluding carboxylic acids is 1. The summed E-state index contributed by atoms with van der Waals surface area (Å²) >= 11 is 0. The Hall–Kier alpha value is -0.650. The van der Waals surface area contributed by atoms with Crippen molar-refractivity contribution in [2.75, 3.05) is 26.3 Å². The smallest absolute Gasteiger partial charge is 0.246 e. The molecule has 2 heterocycles. The number of rotatable bonds is 4. The molecule has 1 unspecified atom stereocenters. The van der Waals surface area contributed by atoms with Crippen molar-refractivity contribution in [3.63, 3.8) is 0 Å². The summed E-state index contributed by atoms with van der Waals surface area (Å²) in [7, 11) is 0. The standard InChI is InChI=1S/C14H26N2O3/c1-14(2)9-11(5-8-19-14)16-13(17)10-18-12-3-6-15-7-4-12/h11-12,15H,3-10H2,1-2H3,(H,16,17). The first-order valence-corrected chi connectivity index (χ1v) is 7.31. The summed E-state index contributed by atoms with van der Waals surface area (Å²) in [6.07, 6.45) is 3.99. The van der Waals surface area contributed by atoms with Crippen molar-refractivity contribution in [1.82, 2.24) is 10.6 Å². The summed E-state index contributed by atoms with van der Waals surface area (Å²) in [5.41, 5.74) is -0.133. The molecular weight excluding hydrogens is 244 g/mol. The summed E-state index contributed by atoms with van der Waals surface area (Å²) in [5, 5.41) is 6.34. The molecule has 1 atom stereocenters. The first-order valence-electron chi connectivity index (χ1n) is 7.31. The molecule has 0 bridgehead atoms. The fourth-order valence-corrected chi connectivity index (χ4v) is 2.78. The molecule has 0 aliphatic carbocycles. The zero-order valence-corrected chi connectivity index (χ0v) is 12.0. The highest BCUT2D eigenvalue weighted by molar-refractivity contribution is 5.77. The number of hydrogen-bond donors (Lipinski definition) is 2. The number of ether oxygens (including phenoxy) is 2. The predicted molar refractivity (Wildman–Crippen MR) is 73.0 cm³/mol. The van der Waals surface area contributed by atoms with Crippen LogP contribution >= 0.6 is 0 Å². The van der Waals surface area contributed by atoms with Gasteiger partial charge in [0.15, 0.2) is 0 Å². The van der Waals surface area contributed by atoms with E-state index in [1.165, 1.54) is 0 Å². The van der Waals surface area contributed by atoms with Crippen molar-refractivity contribution in [2.24, 2.45) is 0 Å². The minimum atomic E-state index is -0.133. The van der Waals surface area contributed by atoms with Crippen LogP contribution in [0.3, 0.4) is 0 Å². The molecule has 2 saturated heterocycles. The van der Waals surface area contributed by atoms with Crippen molar-refractivity contribution in [2.45, 2.75) is 57.3 Å². The van der Waals surface area contributed by atoms with E-state index >= 15 is 0 Å². The summed E-state index contributed by atoms with van der Waals surface area (Å²) < 4.78 is 11.3. The second-order valence-corrected chi connectivity index (χ2v) is 6.13. The first kappa shape index (κ1) is 14.8. The lowest BCUT2D eigenvalue weighted by atomic mass is 9.94. The average Bonchev–Trinajstić information content (AvgIpc) is 2.36. The molecule has 2 aliphatic heterocycles. The van der Waals surface area contributed by atoms with Crippen molar-refractivity contribution >= 4 is 5.91 Å². The van der Waals surface area contributed by atoms with E-state index in [4.69, 9.17) is 9.47 Å². The van der Waals surface area contributed by atoms with Gasteiger partial charge in [0, 0.05) is 12.6 Å². The zero-order valence-electron chi connectivity index (χ0n) is 12.0. The van der Waals surface area contributed by atoms with Crippen molar-refractivity contribution in [1.29, 1.82) is 0 Å². The van der Waals surface area contributed by atoms with E-state index in [1.807, 2.05) is 0 Å². The topological polar surface area (TPSA) is 59.6 Å². The Kier molecular flexibility index (Phi) is 5.19. The molecule has 2 rings (SSSR count). The normalized spacial score (nSPS) is 28.0. The molecule has 2 N–H and O–H groups in total. The molecular formula is C14H26N2O3. The lowest BCUT2D eigenvalue weighted by Crippen LogP contribution is -2.47. The van der Waals surface area contributed by atoms with E-state index in [0.717, 1.165) is 38.8 Å². The molecule has 5 nitrogen and oxygen atoms in total. The van der Waals surface area contributed by atoms with Gasteiger partial charge in [0.1, 0.15) is 6.61 Å². The maximum Gasteiger partial charge on any atom is 0.246 e. The van der Waals surface area contributed by atoms with Crippen LogP contribution in [-0.4, -0.2) is 50.0 Å². The van der Waals surface area contributed by atoms with Gasteiger partial charge in [-0.05, 0) is 52.6 Å². The molecule has 110 valence electrons. The van der Waals surface area contributed by atoms with Crippen molar-refractivity contribution in [3.05, 3.63) is 0 Å². The van der Waals surface area contributed by atoms with Gasteiger partial charge in [-0.3, -0.25) is 4.79 Å². The van der Waals surface area contributed by atoms with E-state index in [2.05, 4.69) is 24.5 Å². The molecule has 0 aromatic carbocycles. The molecule has 0 aromatic heterocycles. The Morgan fingerprint density at radius 1 is 1.37 bits per heavy atom. The largest absolute Gasteiger partial charge is 0.375 e. The van der Waals surface area contributed by atoms with Gasteiger partial charge in [-0.2, -0.15) is 0 Å². The Morgan fingerprint density at radius 3 is 2.79 bits per heavy atom. The number of nitrogens with one attached hydrogen (secondary N) is 2. The van der Waals surface area contributed by atoms with Crippen molar-refractivity contribution < 1.29 is 14.3 Å². The summed E-state index contributed by atoms with van der Waals surface area (Å²) in [6, 6.07) is 0.216. The maximum atomic E-state index is 11.9. The fraction of sp³-hybridized carbons (Fsp3) is 0.929. The van der Waals surface area contributed by atoms with Crippen molar-refractivity contribution in [3.8, 4) is 0 Å². The second-order valence-electron chi connectivity index (χ2n) is 6.13. The second kappa shape index (κ2) is 6.68. The molecule has 1 amide bonds. The molecule has 0 saturated carbocycles. The highest BCUT2D eigenvalue weighted by Crippen LogP contribution is 2.23. The Balaban J connectivity index is 1.66. The van der Waals surface area contributed by atoms with Crippen LogP contribution in [0.25, 0.3) is 0 Å². The van der Waals surface area contributed by atoms with Crippen LogP contribution < -0.4 is 10.6 Å². The van der Waals surface area contributed by atoms with Gasteiger partial charge >= 0.3 is 0 Å². The van der Waals surface area contributed by atoms with Crippen LogP contribution in [0.1, 0.15) is 39.5 Å². The third kappa shape index (κ3) is 5.09. The monoisotopic (exact) mass is 270 g/mol. The Morgan fingerprint density at radius 2 is 2.11 bits per heavy atom. The predicted octanol–water partition coefficient (Wildman–Crippen LogP) is 0.829. The molecule has 0 radical (unpaired) electrons. The maximum absolute atomic E-state index is 11.9. The van der Waals surface area contributed by atoms with E-state index in [0.29, 0.717) is 6.61 Å². The van der Waals surface area contributed by atoms with Crippen LogP contribution in [0, 0.1) is 0 Å². The minimum Gasteiger partial charge on any atom is -0.375 e. The number of carbonyl (C=O) groups is 1. The molecule has 0 spiro atoms. The van der Waals surface area contributed by atoms with Crippen LogP contribution in [0.2, 0.25) is 0 Å². The molecule has 0 aromatic rings. The third-order valence-electron chi connectivity index (χ3n) is 3.80. The van der Waals surface area contributed by atoms with E-state index < -0.39 is 0 Å². The number of amides is 1. The highest BCUT2D eigenvalue weighted by Gasteiger charge is 2.29. The van der Waals surface area contributed by atoms with E-state index in [9.17, 15) is 4.79 Å². The summed E-state index contributed by atoms with van der Waals surface area (Å²) in [5.74, 6) is 0.00114. The minimum absolute atomic E-state index is 0.00114. The fourth-order valence-electron chi connectivity index (χ4n) is 2.78.